The van der Waals surface area contributed by atoms with E-state index < -0.39 is 0 Å². The largest absolute Gasteiger partial charge is 0.330 e. The molecule has 0 saturated carbocycles. The Kier molecular flexibility index (Phi) is 8.14. The molecule has 6 N–H and O–H groups in total. The lowest BCUT2D eigenvalue weighted by Gasteiger charge is -2.29. The van der Waals surface area contributed by atoms with Crippen LogP contribution in [-0.2, 0) is 0 Å². The fourth-order valence-electron chi connectivity index (χ4n) is 1.96. The molecule has 0 fully saturated rings. The third-order valence-corrected chi connectivity index (χ3v) is 2.95. The minimum Gasteiger partial charge on any atom is -0.330 e. The normalized spacial score (nSPS) is 12.0. The summed E-state index contributed by atoms with van der Waals surface area (Å²) in [5.41, 5.74) is 17.0. The van der Waals surface area contributed by atoms with Crippen LogP contribution < -0.4 is 17.2 Å². The maximum Gasteiger partial charge on any atom is -0.00771 e. The molecule has 3 nitrogen and oxygen atoms in total. The summed E-state index contributed by atoms with van der Waals surface area (Å²) in [4.78, 5) is 0. The average Bonchev–Trinajstić information content (AvgIpc) is 2.21. The zero-order valence-electron chi connectivity index (χ0n) is 9.60. The molecule has 0 aromatic rings. The minimum absolute atomic E-state index is 0.415. The Labute approximate surface area is 88.4 Å². The first-order valence-electron chi connectivity index (χ1n) is 5.79. The lowest BCUT2D eigenvalue weighted by Crippen LogP contribution is -2.21. The number of rotatable bonds is 9. The molecule has 0 aliphatic carbocycles. The second-order valence-corrected chi connectivity index (χ2v) is 4.49. The monoisotopic (exact) mass is 201 g/mol. The van der Waals surface area contributed by atoms with E-state index >= 15 is 0 Å². The standard InChI is InChI=1S/C11H27N3/c1-11(5-2-8-12,6-3-9-13)7-4-10-14/h2-10,12-14H2,1H3. The van der Waals surface area contributed by atoms with Crippen LogP contribution >= 0.6 is 0 Å². The molecule has 86 valence electrons. The van der Waals surface area contributed by atoms with E-state index in [1.807, 2.05) is 0 Å². The number of hydrogen-bond donors (Lipinski definition) is 3. The highest BCUT2D eigenvalue weighted by molar-refractivity contribution is 4.75. The Bertz CT molecular complexity index is 104. The van der Waals surface area contributed by atoms with Gasteiger partial charge in [0, 0.05) is 0 Å². The molecule has 0 spiro atoms. The smallest absolute Gasteiger partial charge is 0.00771 e. The van der Waals surface area contributed by atoms with Gasteiger partial charge in [0.2, 0.25) is 0 Å². The van der Waals surface area contributed by atoms with Crippen molar-refractivity contribution >= 4 is 0 Å². The molecule has 0 unspecified atom stereocenters. The van der Waals surface area contributed by atoms with Gasteiger partial charge in [-0.25, -0.2) is 0 Å². The van der Waals surface area contributed by atoms with Gasteiger partial charge >= 0.3 is 0 Å². The zero-order chi connectivity index (χ0) is 10.9. The summed E-state index contributed by atoms with van der Waals surface area (Å²) in [6, 6.07) is 0. The van der Waals surface area contributed by atoms with E-state index in [9.17, 15) is 0 Å². The molecule has 0 aliphatic rings. The van der Waals surface area contributed by atoms with Crippen molar-refractivity contribution in [2.45, 2.75) is 45.4 Å². The lowest BCUT2D eigenvalue weighted by atomic mass is 9.77. The predicted molar refractivity (Wildman–Crippen MR) is 63.0 cm³/mol. The van der Waals surface area contributed by atoms with Crippen LogP contribution in [0.25, 0.3) is 0 Å². The predicted octanol–water partition coefficient (Wildman–Crippen LogP) is 1.21. The second kappa shape index (κ2) is 8.21. The summed E-state index contributed by atoms with van der Waals surface area (Å²) in [5, 5.41) is 0. The average molecular weight is 201 g/mol. The maximum atomic E-state index is 5.54. The molecule has 0 saturated heterocycles. The van der Waals surface area contributed by atoms with Gasteiger partial charge in [-0.05, 0) is 63.6 Å². The minimum atomic E-state index is 0.415. The summed E-state index contributed by atoms with van der Waals surface area (Å²) in [7, 11) is 0. The van der Waals surface area contributed by atoms with E-state index in [4.69, 9.17) is 17.2 Å². The number of nitrogens with two attached hydrogens (primary N) is 3. The van der Waals surface area contributed by atoms with Crippen molar-refractivity contribution in [3.05, 3.63) is 0 Å². The Morgan fingerprint density at radius 1 is 0.714 bits per heavy atom. The molecule has 0 radical (unpaired) electrons. The first-order valence-corrected chi connectivity index (χ1v) is 5.79. The third kappa shape index (κ3) is 6.35. The molecule has 0 aromatic carbocycles. The van der Waals surface area contributed by atoms with E-state index in [0.29, 0.717) is 5.41 Å². The highest BCUT2D eigenvalue weighted by Crippen LogP contribution is 2.33. The van der Waals surface area contributed by atoms with Gasteiger partial charge in [-0.2, -0.15) is 0 Å². The highest BCUT2D eigenvalue weighted by atomic mass is 14.5. The highest BCUT2D eigenvalue weighted by Gasteiger charge is 2.21. The van der Waals surface area contributed by atoms with Crippen LogP contribution in [-0.4, -0.2) is 19.6 Å². The lowest BCUT2D eigenvalue weighted by molar-refractivity contribution is 0.235. The summed E-state index contributed by atoms with van der Waals surface area (Å²) < 4.78 is 0. The molecule has 3 heteroatoms. The Morgan fingerprint density at radius 2 is 1.00 bits per heavy atom. The van der Waals surface area contributed by atoms with Crippen LogP contribution in [0.5, 0.6) is 0 Å². The van der Waals surface area contributed by atoms with E-state index in [0.717, 1.165) is 38.9 Å². The van der Waals surface area contributed by atoms with Crippen molar-refractivity contribution in [1.29, 1.82) is 0 Å². The van der Waals surface area contributed by atoms with Gasteiger partial charge in [0.05, 0.1) is 0 Å². The van der Waals surface area contributed by atoms with Gasteiger partial charge in [0.25, 0.3) is 0 Å². The Balaban J connectivity index is 3.89. The fourth-order valence-corrected chi connectivity index (χ4v) is 1.96. The van der Waals surface area contributed by atoms with E-state index in [1.165, 1.54) is 19.3 Å². The quantitative estimate of drug-likeness (QED) is 0.524. The van der Waals surface area contributed by atoms with Crippen LogP contribution in [0.4, 0.5) is 0 Å². The van der Waals surface area contributed by atoms with Gasteiger partial charge in [0.1, 0.15) is 0 Å². The molecular formula is C11H27N3. The summed E-state index contributed by atoms with van der Waals surface area (Å²) in [6.45, 7) is 4.72. The SMILES string of the molecule is CC(CCCN)(CCCN)CCCN. The molecule has 0 rings (SSSR count). The first-order chi connectivity index (χ1) is 6.68. The first kappa shape index (κ1) is 13.9. The summed E-state index contributed by atoms with van der Waals surface area (Å²) in [5.74, 6) is 0. The molecule has 0 heterocycles. The topological polar surface area (TPSA) is 78.1 Å². The van der Waals surface area contributed by atoms with Crippen molar-refractivity contribution in [2.24, 2.45) is 22.6 Å². The molecule has 0 bridgehead atoms. The second-order valence-electron chi connectivity index (χ2n) is 4.49. The summed E-state index contributed by atoms with van der Waals surface area (Å²) in [6.07, 6.45) is 6.99. The molecule has 0 aromatic heterocycles. The van der Waals surface area contributed by atoms with Crippen molar-refractivity contribution in [1.82, 2.24) is 0 Å². The van der Waals surface area contributed by atoms with Gasteiger partial charge in [-0.15, -0.1) is 0 Å². The van der Waals surface area contributed by atoms with Crippen molar-refractivity contribution in [3.63, 3.8) is 0 Å². The third-order valence-electron chi connectivity index (χ3n) is 2.95. The van der Waals surface area contributed by atoms with Crippen LogP contribution in [0.3, 0.4) is 0 Å². The molecular weight excluding hydrogens is 174 g/mol. The molecule has 14 heavy (non-hydrogen) atoms. The van der Waals surface area contributed by atoms with E-state index in [2.05, 4.69) is 6.92 Å². The van der Waals surface area contributed by atoms with E-state index in [-0.39, 0.29) is 0 Å². The van der Waals surface area contributed by atoms with Gasteiger partial charge in [-0.3, -0.25) is 0 Å². The maximum absolute atomic E-state index is 5.54. The van der Waals surface area contributed by atoms with E-state index in [1.54, 1.807) is 0 Å². The van der Waals surface area contributed by atoms with Crippen molar-refractivity contribution < 1.29 is 0 Å². The fraction of sp³-hybridized carbons (Fsp3) is 1.00. The zero-order valence-corrected chi connectivity index (χ0v) is 9.60. The van der Waals surface area contributed by atoms with Crippen molar-refractivity contribution in [2.75, 3.05) is 19.6 Å². The molecule has 0 atom stereocenters. The van der Waals surface area contributed by atoms with Gasteiger partial charge in [-0.1, -0.05) is 6.92 Å². The molecule has 0 aliphatic heterocycles. The number of hydrogen-bond acceptors (Lipinski definition) is 3. The van der Waals surface area contributed by atoms with Crippen molar-refractivity contribution in [3.8, 4) is 0 Å². The Morgan fingerprint density at radius 3 is 1.21 bits per heavy atom. The van der Waals surface area contributed by atoms with Crippen LogP contribution in [0.1, 0.15) is 45.4 Å². The Hall–Kier alpha value is -0.120. The van der Waals surface area contributed by atoms with Gasteiger partial charge < -0.3 is 17.2 Å². The molecule has 0 amide bonds. The summed E-state index contributed by atoms with van der Waals surface area (Å²) >= 11 is 0. The van der Waals surface area contributed by atoms with Gasteiger partial charge in [0.15, 0.2) is 0 Å². The van der Waals surface area contributed by atoms with Crippen LogP contribution in [0.2, 0.25) is 0 Å². The van der Waals surface area contributed by atoms with Crippen LogP contribution in [0.15, 0.2) is 0 Å². The van der Waals surface area contributed by atoms with Crippen LogP contribution in [0, 0.1) is 5.41 Å².